The van der Waals surface area contributed by atoms with Gasteiger partial charge in [-0.15, -0.1) is 0 Å². The van der Waals surface area contributed by atoms with Gasteiger partial charge in [0.1, 0.15) is 5.75 Å². The zero-order valence-corrected chi connectivity index (χ0v) is 16.3. The average Bonchev–Trinajstić information content (AvgIpc) is 3.00. The summed E-state index contributed by atoms with van der Waals surface area (Å²) in [5.41, 5.74) is 1.90. The fraction of sp³-hybridized carbons (Fsp3) is 0.409. The van der Waals surface area contributed by atoms with Gasteiger partial charge in [-0.2, -0.15) is 0 Å². The van der Waals surface area contributed by atoms with Gasteiger partial charge < -0.3 is 14.5 Å². The second-order valence-electron chi connectivity index (χ2n) is 6.95. The van der Waals surface area contributed by atoms with Crippen molar-refractivity contribution in [2.75, 3.05) is 32.8 Å². The lowest BCUT2D eigenvalue weighted by atomic mass is 10.1. The number of amides is 2. The molecule has 1 aromatic carbocycles. The van der Waals surface area contributed by atoms with E-state index in [2.05, 4.69) is 11.9 Å². The third-order valence-corrected chi connectivity index (χ3v) is 4.89. The number of pyridine rings is 1. The Balaban J connectivity index is 1.49. The SMILES string of the molecule is CCCc1ccc(OCC(=O)N2CCCN(C(=O)c3ccncc3)CC2)cc1. The van der Waals surface area contributed by atoms with Crippen molar-refractivity contribution in [3.05, 3.63) is 59.9 Å². The topological polar surface area (TPSA) is 62.7 Å². The second-order valence-corrected chi connectivity index (χ2v) is 6.95. The first-order valence-corrected chi connectivity index (χ1v) is 9.86. The lowest BCUT2D eigenvalue weighted by Gasteiger charge is -2.22. The first-order chi connectivity index (χ1) is 13.7. The fourth-order valence-electron chi connectivity index (χ4n) is 3.32. The van der Waals surface area contributed by atoms with Crippen LogP contribution in [0.15, 0.2) is 48.8 Å². The number of hydrogen-bond donors (Lipinski definition) is 0. The summed E-state index contributed by atoms with van der Waals surface area (Å²) in [6.07, 6.45) is 6.14. The summed E-state index contributed by atoms with van der Waals surface area (Å²) in [6, 6.07) is 11.3. The van der Waals surface area contributed by atoms with Crippen molar-refractivity contribution in [3.8, 4) is 5.75 Å². The highest BCUT2D eigenvalue weighted by molar-refractivity contribution is 5.94. The van der Waals surface area contributed by atoms with E-state index in [1.165, 1.54) is 5.56 Å². The number of aryl methyl sites for hydroxylation is 1. The lowest BCUT2D eigenvalue weighted by Crippen LogP contribution is -2.39. The van der Waals surface area contributed by atoms with E-state index in [0.717, 1.165) is 19.3 Å². The van der Waals surface area contributed by atoms with Crippen LogP contribution in [0.3, 0.4) is 0 Å². The molecule has 148 valence electrons. The lowest BCUT2D eigenvalue weighted by molar-refractivity contribution is -0.133. The molecule has 1 aliphatic rings. The number of ether oxygens (including phenoxy) is 1. The quantitative estimate of drug-likeness (QED) is 0.772. The summed E-state index contributed by atoms with van der Waals surface area (Å²) in [4.78, 5) is 32.6. The van der Waals surface area contributed by atoms with Crippen LogP contribution in [-0.4, -0.2) is 59.4 Å². The minimum atomic E-state index is -0.0455. The van der Waals surface area contributed by atoms with Crippen LogP contribution in [0.5, 0.6) is 5.75 Å². The maximum absolute atomic E-state index is 12.6. The van der Waals surface area contributed by atoms with Crippen molar-refractivity contribution in [3.63, 3.8) is 0 Å². The molecule has 0 saturated carbocycles. The van der Waals surface area contributed by atoms with Crippen molar-refractivity contribution < 1.29 is 14.3 Å². The van der Waals surface area contributed by atoms with Crippen molar-refractivity contribution in [1.82, 2.24) is 14.8 Å². The van der Waals surface area contributed by atoms with Crippen LogP contribution in [-0.2, 0) is 11.2 Å². The fourth-order valence-corrected chi connectivity index (χ4v) is 3.32. The van der Waals surface area contributed by atoms with E-state index in [0.29, 0.717) is 37.5 Å². The van der Waals surface area contributed by atoms with Gasteiger partial charge in [-0.25, -0.2) is 0 Å². The monoisotopic (exact) mass is 381 g/mol. The molecule has 0 atom stereocenters. The third-order valence-electron chi connectivity index (χ3n) is 4.89. The second kappa shape index (κ2) is 9.88. The number of rotatable bonds is 6. The minimum Gasteiger partial charge on any atom is -0.484 e. The van der Waals surface area contributed by atoms with Crippen LogP contribution >= 0.6 is 0 Å². The van der Waals surface area contributed by atoms with Gasteiger partial charge in [0.25, 0.3) is 11.8 Å². The summed E-state index contributed by atoms with van der Waals surface area (Å²) in [6.45, 7) is 4.50. The van der Waals surface area contributed by atoms with E-state index in [1.807, 2.05) is 24.3 Å². The molecule has 2 amide bonds. The predicted octanol–water partition coefficient (Wildman–Crippen LogP) is 2.79. The van der Waals surface area contributed by atoms with Crippen LogP contribution in [0.2, 0.25) is 0 Å². The van der Waals surface area contributed by atoms with Gasteiger partial charge in [0.2, 0.25) is 0 Å². The minimum absolute atomic E-state index is 0.0138. The van der Waals surface area contributed by atoms with E-state index in [-0.39, 0.29) is 18.4 Å². The summed E-state index contributed by atoms with van der Waals surface area (Å²) in [5, 5.41) is 0. The molecule has 2 heterocycles. The Kier molecular flexibility index (Phi) is 7.00. The molecule has 0 spiro atoms. The Bertz CT molecular complexity index is 777. The van der Waals surface area contributed by atoms with Gasteiger partial charge in [-0.3, -0.25) is 14.6 Å². The summed E-state index contributed by atoms with van der Waals surface area (Å²) < 4.78 is 5.66. The molecule has 0 bridgehead atoms. The molecule has 0 aliphatic carbocycles. The molecule has 1 aliphatic heterocycles. The van der Waals surface area contributed by atoms with Crippen LogP contribution in [0.4, 0.5) is 0 Å². The Morgan fingerprint density at radius 2 is 1.64 bits per heavy atom. The molecule has 6 nitrogen and oxygen atoms in total. The average molecular weight is 381 g/mol. The largest absolute Gasteiger partial charge is 0.484 e. The van der Waals surface area contributed by atoms with Gasteiger partial charge >= 0.3 is 0 Å². The molecule has 0 N–H and O–H groups in total. The number of carbonyl (C=O) groups is 2. The number of hydrogen-bond acceptors (Lipinski definition) is 4. The van der Waals surface area contributed by atoms with E-state index in [9.17, 15) is 9.59 Å². The Morgan fingerprint density at radius 1 is 0.964 bits per heavy atom. The van der Waals surface area contributed by atoms with Gasteiger partial charge in [0, 0.05) is 44.1 Å². The number of carbonyl (C=O) groups excluding carboxylic acids is 2. The molecule has 2 aromatic rings. The number of nitrogens with zero attached hydrogens (tertiary/aromatic N) is 3. The van der Waals surface area contributed by atoms with E-state index >= 15 is 0 Å². The highest BCUT2D eigenvalue weighted by atomic mass is 16.5. The zero-order chi connectivity index (χ0) is 19.8. The van der Waals surface area contributed by atoms with E-state index < -0.39 is 0 Å². The van der Waals surface area contributed by atoms with Gasteiger partial charge in [0.05, 0.1) is 0 Å². The number of benzene rings is 1. The highest BCUT2D eigenvalue weighted by Crippen LogP contribution is 2.14. The molecule has 3 rings (SSSR count). The van der Waals surface area contributed by atoms with Gasteiger partial charge in [-0.05, 0) is 42.7 Å². The van der Waals surface area contributed by atoms with Crippen molar-refractivity contribution in [2.24, 2.45) is 0 Å². The van der Waals surface area contributed by atoms with Crippen LogP contribution < -0.4 is 4.74 Å². The summed E-state index contributed by atoms with van der Waals surface area (Å²) >= 11 is 0. The Hall–Kier alpha value is -2.89. The van der Waals surface area contributed by atoms with Crippen LogP contribution in [0, 0.1) is 0 Å². The smallest absolute Gasteiger partial charge is 0.260 e. The van der Waals surface area contributed by atoms with Crippen molar-refractivity contribution in [1.29, 1.82) is 0 Å². The molecule has 28 heavy (non-hydrogen) atoms. The van der Waals surface area contributed by atoms with E-state index in [1.54, 1.807) is 34.3 Å². The van der Waals surface area contributed by atoms with Crippen LogP contribution in [0.25, 0.3) is 0 Å². The maximum atomic E-state index is 12.6. The molecular weight excluding hydrogens is 354 g/mol. The van der Waals surface area contributed by atoms with Crippen molar-refractivity contribution in [2.45, 2.75) is 26.2 Å². The first-order valence-electron chi connectivity index (χ1n) is 9.86. The van der Waals surface area contributed by atoms with Gasteiger partial charge in [0.15, 0.2) is 6.61 Å². The zero-order valence-electron chi connectivity index (χ0n) is 16.3. The summed E-state index contributed by atoms with van der Waals surface area (Å²) in [7, 11) is 0. The Labute approximate surface area is 166 Å². The molecular formula is C22H27N3O3. The molecule has 1 aromatic heterocycles. The molecule has 6 heteroatoms. The van der Waals surface area contributed by atoms with Crippen LogP contribution in [0.1, 0.15) is 35.7 Å². The van der Waals surface area contributed by atoms with E-state index in [4.69, 9.17) is 4.74 Å². The molecule has 0 unspecified atom stereocenters. The maximum Gasteiger partial charge on any atom is 0.260 e. The molecule has 1 saturated heterocycles. The van der Waals surface area contributed by atoms with Crippen molar-refractivity contribution >= 4 is 11.8 Å². The summed E-state index contributed by atoms with van der Waals surface area (Å²) in [5.74, 6) is 0.647. The molecule has 0 radical (unpaired) electrons. The highest BCUT2D eigenvalue weighted by Gasteiger charge is 2.23. The first kappa shape index (κ1) is 19.9. The number of aromatic nitrogens is 1. The van der Waals surface area contributed by atoms with Gasteiger partial charge in [-0.1, -0.05) is 25.5 Å². The Morgan fingerprint density at radius 3 is 2.36 bits per heavy atom. The predicted molar refractivity (Wildman–Crippen MR) is 107 cm³/mol. The standard InChI is InChI=1S/C22H27N3O3/c1-2-4-18-5-7-20(8-6-18)28-17-21(26)24-13-3-14-25(16-15-24)22(27)19-9-11-23-12-10-19/h5-12H,2-4,13-17H2,1H3. The molecule has 1 fully saturated rings. The normalized spacial score (nSPS) is 14.5. The third kappa shape index (κ3) is 5.31.